The Morgan fingerprint density at radius 3 is 1.33 bits per heavy atom. The van der Waals surface area contributed by atoms with Crippen LogP contribution in [-0.2, 0) is 5.41 Å². The zero-order valence-electron chi connectivity index (χ0n) is 16.4. The van der Waals surface area contributed by atoms with Gasteiger partial charge in [-0.2, -0.15) is 0 Å². The van der Waals surface area contributed by atoms with Crippen molar-refractivity contribution in [1.29, 1.82) is 0 Å². The maximum absolute atomic E-state index is 4.10. The van der Waals surface area contributed by atoms with Crippen LogP contribution in [0, 0.1) is 5.41 Å². The fourth-order valence-corrected chi connectivity index (χ4v) is 4.70. The Morgan fingerprint density at radius 1 is 0.593 bits per heavy atom. The van der Waals surface area contributed by atoms with Gasteiger partial charge in [-0.1, -0.05) is 85.0 Å². The molecule has 0 N–H and O–H groups in total. The van der Waals surface area contributed by atoms with E-state index in [2.05, 4.69) is 105 Å². The highest BCUT2D eigenvalue weighted by Gasteiger charge is 2.50. The summed E-state index contributed by atoms with van der Waals surface area (Å²) in [4.78, 5) is 0. The molecule has 0 fully saturated rings. The molecule has 2 aromatic rings. The second kappa shape index (κ2) is 9.92. The van der Waals surface area contributed by atoms with Crippen LogP contribution in [0.3, 0.4) is 0 Å². The first-order valence-electron chi connectivity index (χ1n) is 9.75. The normalized spacial score (nSPS) is 11.6. The van der Waals surface area contributed by atoms with Crippen LogP contribution in [0.25, 0.3) is 0 Å². The fraction of sp³-hybridized carbons (Fsp3) is 0.259. The van der Waals surface area contributed by atoms with Crippen molar-refractivity contribution in [3.05, 3.63) is 122 Å². The highest BCUT2D eigenvalue weighted by Crippen LogP contribution is 2.56. The predicted octanol–water partition coefficient (Wildman–Crippen LogP) is 7.65. The lowest BCUT2D eigenvalue weighted by Crippen LogP contribution is -2.46. The summed E-state index contributed by atoms with van der Waals surface area (Å²) in [5.41, 5.74) is 2.41. The minimum absolute atomic E-state index is 0.0794. The summed E-state index contributed by atoms with van der Waals surface area (Å²) in [5, 5.41) is 0. The molecule has 0 aromatic heterocycles. The number of rotatable bonds is 12. The van der Waals surface area contributed by atoms with Crippen LogP contribution in [0.4, 0.5) is 0 Å². The van der Waals surface area contributed by atoms with E-state index >= 15 is 0 Å². The largest absolute Gasteiger partial charge is 0.103 e. The van der Waals surface area contributed by atoms with Crippen molar-refractivity contribution in [3.8, 4) is 0 Å². The summed E-state index contributed by atoms with van der Waals surface area (Å²) in [6.07, 6.45) is 12.8. The third-order valence-electron chi connectivity index (χ3n) is 5.77. The molecule has 0 amide bonds. The molecule has 27 heavy (non-hydrogen) atoms. The number of hydrogen-bond acceptors (Lipinski definition) is 0. The van der Waals surface area contributed by atoms with E-state index in [4.69, 9.17) is 0 Å². The lowest BCUT2D eigenvalue weighted by molar-refractivity contribution is 0.145. The van der Waals surface area contributed by atoms with Gasteiger partial charge in [-0.3, -0.25) is 0 Å². The highest BCUT2D eigenvalue weighted by molar-refractivity contribution is 5.43. The maximum atomic E-state index is 4.10. The van der Waals surface area contributed by atoms with Gasteiger partial charge >= 0.3 is 0 Å². The van der Waals surface area contributed by atoms with Crippen molar-refractivity contribution < 1.29 is 0 Å². The van der Waals surface area contributed by atoms with Crippen LogP contribution < -0.4 is 0 Å². The van der Waals surface area contributed by atoms with Crippen LogP contribution in [0.5, 0.6) is 0 Å². The first-order valence-corrected chi connectivity index (χ1v) is 9.75. The maximum Gasteiger partial charge on any atom is 0.0270 e. The van der Waals surface area contributed by atoms with Gasteiger partial charge in [0.15, 0.2) is 0 Å². The molecule has 0 bridgehead atoms. The molecule has 0 saturated heterocycles. The summed E-state index contributed by atoms with van der Waals surface area (Å²) < 4.78 is 0. The predicted molar refractivity (Wildman–Crippen MR) is 120 cm³/mol. The third-order valence-corrected chi connectivity index (χ3v) is 5.77. The summed E-state index contributed by atoms with van der Waals surface area (Å²) in [7, 11) is 0. The molecule has 2 rings (SSSR count). The molecule has 0 heterocycles. The van der Waals surface area contributed by atoms with Crippen molar-refractivity contribution in [2.24, 2.45) is 5.41 Å². The van der Waals surface area contributed by atoms with Crippen LogP contribution in [0.2, 0.25) is 0 Å². The Labute approximate surface area is 165 Å². The molecular weight excluding hydrogens is 324 g/mol. The zero-order chi connectivity index (χ0) is 19.6. The SMILES string of the molecule is C=CCCC(c1ccccc1)(c1ccccc1)C(CC=C)(CC=C)CC=C. The third kappa shape index (κ3) is 4.06. The van der Waals surface area contributed by atoms with Crippen molar-refractivity contribution in [1.82, 2.24) is 0 Å². The van der Waals surface area contributed by atoms with Crippen LogP contribution >= 0.6 is 0 Å². The van der Waals surface area contributed by atoms with E-state index in [-0.39, 0.29) is 10.8 Å². The minimum atomic E-state index is -0.180. The lowest BCUT2D eigenvalue weighted by Gasteiger charge is -2.52. The lowest BCUT2D eigenvalue weighted by atomic mass is 9.51. The van der Waals surface area contributed by atoms with E-state index in [0.29, 0.717) is 0 Å². The van der Waals surface area contributed by atoms with E-state index in [1.165, 1.54) is 11.1 Å². The Bertz CT molecular complexity index is 670. The second-order valence-corrected chi connectivity index (χ2v) is 7.22. The van der Waals surface area contributed by atoms with Crippen molar-refractivity contribution in [2.45, 2.75) is 37.5 Å². The van der Waals surface area contributed by atoms with Gasteiger partial charge in [0, 0.05) is 5.41 Å². The van der Waals surface area contributed by atoms with Crippen LogP contribution in [0.1, 0.15) is 43.2 Å². The Kier molecular flexibility index (Phi) is 7.61. The Morgan fingerprint density at radius 2 is 1.00 bits per heavy atom. The Hall–Kier alpha value is -2.60. The monoisotopic (exact) mass is 356 g/mol. The molecular formula is C27H32. The topological polar surface area (TPSA) is 0 Å². The van der Waals surface area contributed by atoms with Crippen molar-refractivity contribution >= 4 is 0 Å². The first-order chi connectivity index (χ1) is 13.2. The van der Waals surface area contributed by atoms with E-state index < -0.39 is 0 Å². The summed E-state index contributed by atoms with van der Waals surface area (Å²) in [6, 6.07) is 21.8. The molecule has 0 aliphatic rings. The fourth-order valence-electron chi connectivity index (χ4n) is 4.70. The molecule has 0 spiro atoms. The molecule has 140 valence electrons. The zero-order valence-corrected chi connectivity index (χ0v) is 16.4. The molecule has 0 atom stereocenters. The molecule has 0 heteroatoms. The molecule has 0 aliphatic heterocycles. The van der Waals surface area contributed by atoms with Crippen LogP contribution in [-0.4, -0.2) is 0 Å². The van der Waals surface area contributed by atoms with E-state index in [1.807, 2.05) is 6.08 Å². The first kappa shape index (κ1) is 20.7. The van der Waals surface area contributed by atoms with E-state index in [0.717, 1.165) is 32.1 Å². The molecule has 0 nitrogen and oxygen atoms in total. The minimum Gasteiger partial charge on any atom is -0.103 e. The van der Waals surface area contributed by atoms with Crippen molar-refractivity contribution in [3.63, 3.8) is 0 Å². The molecule has 2 aromatic carbocycles. The highest BCUT2D eigenvalue weighted by atomic mass is 14.5. The standard InChI is InChI=1S/C27H32/c1-5-9-23-27(24-16-12-10-13-17-24,25-18-14-11-15-19-25)26(20-6-2,21-7-3)22-8-4/h5-8,10-19H,1-4,9,20-23H2. The van der Waals surface area contributed by atoms with Gasteiger partial charge in [-0.25, -0.2) is 0 Å². The Balaban J connectivity index is 2.90. The molecule has 0 saturated carbocycles. The van der Waals surface area contributed by atoms with Gasteiger partial charge < -0.3 is 0 Å². The second-order valence-electron chi connectivity index (χ2n) is 7.22. The van der Waals surface area contributed by atoms with Gasteiger partial charge in [0.2, 0.25) is 0 Å². The molecule has 0 radical (unpaired) electrons. The summed E-state index contributed by atoms with van der Waals surface area (Å²) in [6.45, 7) is 16.3. The number of allylic oxidation sites excluding steroid dienone is 4. The van der Waals surface area contributed by atoms with Crippen LogP contribution in [0.15, 0.2) is 111 Å². The number of benzene rings is 2. The van der Waals surface area contributed by atoms with Gasteiger partial charge in [0.1, 0.15) is 0 Å². The quantitative estimate of drug-likeness (QED) is 0.342. The average Bonchev–Trinajstić information content (AvgIpc) is 2.71. The van der Waals surface area contributed by atoms with E-state index in [1.54, 1.807) is 0 Å². The molecule has 0 aliphatic carbocycles. The van der Waals surface area contributed by atoms with Crippen molar-refractivity contribution in [2.75, 3.05) is 0 Å². The van der Waals surface area contributed by atoms with Gasteiger partial charge in [0.25, 0.3) is 0 Å². The van der Waals surface area contributed by atoms with E-state index in [9.17, 15) is 0 Å². The van der Waals surface area contributed by atoms with Gasteiger partial charge in [-0.05, 0) is 48.6 Å². The average molecular weight is 357 g/mol. The molecule has 0 unspecified atom stereocenters. The van der Waals surface area contributed by atoms with Gasteiger partial charge in [-0.15, -0.1) is 26.3 Å². The number of hydrogen-bond donors (Lipinski definition) is 0. The smallest absolute Gasteiger partial charge is 0.0270 e. The van der Waals surface area contributed by atoms with Gasteiger partial charge in [0.05, 0.1) is 0 Å². The summed E-state index contributed by atoms with van der Waals surface area (Å²) >= 11 is 0. The summed E-state index contributed by atoms with van der Waals surface area (Å²) in [5.74, 6) is 0.